The second kappa shape index (κ2) is 5.10. The average Bonchev–Trinajstić information content (AvgIpc) is 3.12. The molecule has 0 saturated heterocycles. The van der Waals surface area contributed by atoms with E-state index in [1.807, 2.05) is 44.3 Å². The number of nitrogens with zero attached hydrogens (tertiary/aromatic N) is 4. The van der Waals surface area contributed by atoms with Crippen molar-refractivity contribution < 1.29 is 0 Å². The van der Waals surface area contributed by atoms with Gasteiger partial charge in [0.1, 0.15) is 17.1 Å². The molecule has 0 spiro atoms. The molecule has 25 heavy (non-hydrogen) atoms. The third-order valence-electron chi connectivity index (χ3n) is 4.78. The smallest absolute Gasteiger partial charge is 0.145 e. The molecule has 0 saturated carbocycles. The van der Waals surface area contributed by atoms with Crippen LogP contribution in [0.3, 0.4) is 0 Å². The molecule has 2 aromatic carbocycles. The highest BCUT2D eigenvalue weighted by Crippen LogP contribution is 2.42. The van der Waals surface area contributed by atoms with E-state index in [1.165, 1.54) is 0 Å². The monoisotopic (exact) mass is 349 g/mol. The molecule has 1 aliphatic rings. The van der Waals surface area contributed by atoms with E-state index in [1.54, 1.807) is 4.68 Å². The molecule has 0 radical (unpaired) electrons. The zero-order valence-corrected chi connectivity index (χ0v) is 14.6. The fraction of sp³-hybridized carbons (Fsp3) is 0.158. The number of hydrogen-bond donors (Lipinski definition) is 1. The Kier molecular flexibility index (Phi) is 2.97. The van der Waals surface area contributed by atoms with Crippen LogP contribution in [0.2, 0.25) is 5.15 Å². The second-order valence-electron chi connectivity index (χ2n) is 6.30. The van der Waals surface area contributed by atoms with Crippen LogP contribution in [0.5, 0.6) is 0 Å². The number of nitrogens with one attached hydrogen (secondary N) is 1. The number of anilines is 1. The summed E-state index contributed by atoms with van der Waals surface area (Å²) in [5.74, 6) is 0.944. The van der Waals surface area contributed by atoms with E-state index in [9.17, 15) is 0 Å². The molecule has 5 nitrogen and oxygen atoms in total. The Hall–Kier alpha value is -2.79. The largest absolute Gasteiger partial charge is 0.360 e. The summed E-state index contributed by atoms with van der Waals surface area (Å²) in [6.45, 7) is 1.99. The summed E-state index contributed by atoms with van der Waals surface area (Å²) in [6.07, 6.45) is -0.154. The normalized spacial score (nSPS) is 15.7. The van der Waals surface area contributed by atoms with E-state index in [2.05, 4.69) is 33.2 Å². The van der Waals surface area contributed by atoms with Crippen molar-refractivity contribution in [1.29, 1.82) is 0 Å². The van der Waals surface area contributed by atoms with E-state index in [0.717, 1.165) is 39.4 Å². The second-order valence-corrected chi connectivity index (χ2v) is 6.66. The number of para-hydroxylation sites is 3. The van der Waals surface area contributed by atoms with Crippen LogP contribution in [0, 0.1) is 6.92 Å². The number of fused-ring (bicyclic) bond motifs is 5. The van der Waals surface area contributed by atoms with Crippen molar-refractivity contribution in [3.05, 3.63) is 64.9 Å². The first-order valence-corrected chi connectivity index (χ1v) is 8.55. The van der Waals surface area contributed by atoms with E-state index >= 15 is 0 Å². The number of rotatable bonds is 1. The average molecular weight is 350 g/mol. The summed E-state index contributed by atoms with van der Waals surface area (Å²) in [6, 6.07) is 16.4. The van der Waals surface area contributed by atoms with Gasteiger partial charge in [0, 0.05) is 18.3 Å². The van der Waals surface area contributed by atoms with Gasteiger partial charge >= 0.3 is 0 Å². The molecule has 0 bridgehead atoms. The van der Waals surface area contributed by atoms with Gasteiger partial charge in [-0.25, -0.2) is 4.98 Å². The minimum Gasteiger partial charge on any atom is -0.360 e. The molecule has 0 aliphatic carbocycles. The molecule has 1 aliphatic heterocycles. The Labute approximate surface area is 149 Å². The van der Waals surface area contributed by atoms with Crippen LogP contribution in [0.4, 0.5) is 5.69 Å². The molecule has 0 amide bonds. The zero-order chi connectivity index (χ0) is 17.1. The Bertz CT molecular complexity index is 1120. The Balaban J connectivity index is 1.86. The van der Waals surface area contributed by atoms with Crippen LogP contribution in [-0.4, -0.2) is 19.3 Å². The standard InChI is InChI=1S/C19H16ClN5/c1-11-16(17(20)24(2)23-11)19-21-13-8-4-3-7-12(13)18-22-14-9-5-6-10-15(14)25(18)19/h3-10,19,21H,1-2H3. The summed E-state index contributed by atoms with van der Waals surface area (Å²) >= 11 is 6.59. The lowest BCUT2D eigenvalue weighted by Gasteiger charge is -2.30. The van der Waals surface area contributed by atoms with Gasteiger partial charge in [0.2, 0.25) is 0 Å². The molecule has 2 aromatic heterocycles. The van der Waals surface area contributed by atoms with Gasteiger partial charge < -0.3 is 5.32 Å². The molecule has 3 heterocycles. The van der Waals surface area contributed by atoms with Crippen molar-refractivity contribution in [2.75, 3.05) is 5.32 Å². The number of aryl methyl sites for hydroxylation is 2. The summed E-state index contributed by atoms with van der Waals surface area (Å²) in [7, 11) is 1.86. The lowest BCUT2D eigenvalue weighted by molar-refractivity contribution is 0.664. The Morgan fingerprint density at radius 3 is 2.64 bits per heavy atom. The van der Waals surface area contributed by atoms with Crippen molar-refractivity contribution in [3.8, 4) is 11.4 Å². The van der Waals surface area contributed by atoms with Crippen molar-refractivity contribution in [2.24, 2.45) is 7.05 Å². The predicted octanol–water partition coefficient (Wildman–Crippen LogP) is 4.37. The maximum atomic E-state index is 6.59. The van der Waals surface area contributed by atoms with Gasteiger partial charge in [-0.2, -0.15) is 5.10 Å². The van der Waals surface area contributed by atoms with Crippen LogP contribution < -0.4 is 5.32 Å². The minimum atomic E-state index is -0.154. The van der Waals surface area contributed by atoms with Crippen molar-refractivity contribution >= 4 is 28.3 Å². The highest BCUT2D eigenvalue weighted by Gasteiger charge is 2.31. The van der Waals surface area contributed by atoms with E-state index < -0.39 is 0 Å². The molecule has 0 fully saturated rings. The van der Waals surface area contributed by atoms with Gasteiger partial charge in [0.25, 0.3) is 0 Å². The maximum absolute atomic E-state index is 6.59. The van der Waals surface area contributed by atoms with Gasteiger partial charge in [0.05, 0.1) is 22.3 Å². The van der Waals surface area contributed by atoms with Crippen molar-refractivity contribution in [3.63, 3.8) is 0 Å². The molecule has 4 aromatic rings. The first-order valence-electron chi connectivity index (χ1n) is 8.17. The molecule has 1 unspecified atom stereocenters. The predicted molar refractivity (Wildman–Crippen MR) is 99.9 cm³/mol. The van der Waals surface area contributed by atoms with Crippen LogP contribution in [0.1, 0.15) is 17.4 Å². The van der Waals surface area contributed by atoms with Gasteiger partial charge in [-0.05, 0) is 31.2 Å². The van der Waals surface area contributed by atoms with Crippen LogP contribution >= 0.6 is 11.6 Å². The zero-order valence-electron chi connectivity index (χ0n) is 13.9. The fourth-order valence-electron chi connectivity index (χ4n) is 3.67. The summed E-state index contributed by atoms with van der Waals surface area (Å²) in [5.41, 5.74) is 6.07. The SMILES string of the molecule is Cc1nn(C)c(Cl)c1C1Nc2ccccc2-c2nc3ccccc3n21. The van der Waals surface area contributed by atoms with Crippen LogP contribution in [-0.2, 0) is 7.05 Å². The molecule has 124 valence electrons. The number of aromatic nitrogens is 4. The van der Waals surface area contributed by atoms with Crippen molar-refractivity contribution in [2.45, 2.75) is 13.1 Å². The van der Waals surface area contributed by atoms with Gasteiger partial charge in [0.15, 0.2) is 0 Å². The molecule has 6 heteroatoms. The first kappa shape index (κ1) is 14.5. The molecule has 5 rings (SSSR count). The fourth-order valence-corrected chi connectivity index (χ4v) is 3.95. The number of imidazole rings is 1. The summed E-state index contributed by atoms with van der Waals surface area (Å²) in [4.78, 5) is 4.89. The highest BCUT2D eigenvalue weighted by molar-refractivity contribution is 6.30. The van der Waals surface area contributed by atoms with Gasteiger partial charge in [-0.1, -0.05) is 35.9 Å². The van der Waals surface area contributed by atoms with Crippen molar-refractivity contribution in [1.82, 2.24) is 19.3 Å². The minimum absolute atomic E-state index is 0.154. The quantitative estimate of drug-likeness (QED) is 0.555. The van der Waals surface area contributed by atoms with E-state index in [-0.39, 0.29) is 6.17 Å². The third-order valence-corrected chi connectivity index (χ3v) is 5.23. The van der Waals surface area contributed by atoms with E-state index in [0.29, 0.717) is 5.15 Å². The summed E-state index contributed by atoms with van der Waals surface area (Å²) in [5, 5.41) is 8.76. The van der Waals surface area contributed by atoms with Gasteiger partial charge in [-0.15, -0.1) is 0 Å². The first-order chi connectivity index (χ1) is 12.1. The van der Waals surface area contributed by atoms with E-state index in [4.69, 9.17) is 16.6 Å². The molecular formula is C19H16ClN5. The highest BCUT2D eigenvalue weighted by atomic mass is 35.5. The number of halogens is 1. The molecule has 1 N–H and O–H groups in total. The number of hydrogen-bond acceptors (Lipinski definition) is 3. The molecular weight excluding hydrogens is 334 g/mol. The maximum Gasteiger partial charge on any atom is 0.145 e. The third kappa shape index (κ3) is 1.96. The van der Waals surface area contributed by atoms with Crippen LogP contribution in [0.25, 0.3) is 22.4 Å². The molecule has 1 atom stereocenters. The summed E-state index contributed by atoms with van der Waals surface area (Å²) < 4.78 is 3.93. The van der Waals surface area contributed by atoms with Crippen LogP contribution in [0.15, 0.2) is 48.5 Å². The lowest BCUT2D eigenvalue weighted by atomic mass is 10.1. The topological polar surface area (TPSA) is 47.7 Å². The van der Waals surface area contributed by atoms with Gasteiger partial charge in [-0.3, -0.25) is 9.25 Å². The Morgan fingerprint density at radius 2 is 1.84 bits per heavy atom. The number of benzene rings is 2. The Morgan fingerprint density at radius 1 is 1.08 bits per heavy atom. The lowest BCUT2D eigenvalue weighted by Crippen LogP contribution is -2.25.